The molecule has 2 fully saturated rings. The van der Waals surface area contributed by atoms with Gasteiger partial charge >= 0.3 is 0 Å². The van der Waals surface area contributed by atoms with Gasteiger partial charge in [0, 0.05) is 43.4 Å². The molecule has 2 amide bonds. The van der Waals surface area contributed by atoms with Crippen molar-refractivity contribution in [2.45, 2.75) is 46.1 Å². The third-order valence-electron chi connectivity index (χ3n) is 5.81. The van der Waals surface area contributed by atoms with Gasteiger partial charge in [-0.25, -0.2) is 0 Å². The molecule has 4 heterocycles. The van der Waals surface area contributed by atoms with Crippen LogP contribution in [0.15, 0.2) is 18.5 Å². The predicted octanol–water partition coefficient (Wildman–Crippen LogP) is 1.86. The first-order chi connectivity index (χ1) is 13.4. The molecule has 4 rings (SSSR count). The number of piperidine rings is 2. The molecule has 0 bridgehead atoms. The molecule has 0 radical (unpaired) electrons. The first kappa shape index (κ1) is 18.6. The van der Waals surface area contributed by atoms with Gasteiger partial charge < -0.3 is 9.80 Å². The fourth-order valence-electron chi connectivity index (χ4n) is 4.35. The Balaban J connectivity index is 1.47. The lowest BCUT2D eigenvalue weighted by Gasteiger charge is -2.48. The smallest absolute Gasteiger partial charge is 0.274 e. The Bertz CT molecular complexity index is 877. The quantitative estimate of drug-likeness (QED) is 0.874. The zero-order valence-corrected chi connectivity index (χ0v) is 16.4. The van der Waals surface area contributed by atoms with Crippen LogP contribution >= 0.6 is 0 Å². The van der Waals surface area contributed by atoms with Crippen molar-refractivity contribution >= 4 is 11.8 Å². The van der Waals surface area contributed by atoms with Crippen molar-refractivity contribution in [3.8, 4) is 0 Å². The summed E-state index contributed by atoms with van der Waals surface area (Å²) in [5, 5.41) is 6.96. The van der Waals surface area contributed by atoms with Gasteiger partial charge in [-0.05, 0) is 39.2 Å². The van der Waals surface area contributed by atoms with Crippen molar-refractivity contribution < 1.29 is 9.59 Å². The molecule has 1 N–H and O–H groups in total. The van der Waals surface area contributed by atoms with Crippen LogP contribution in [0.2, 0.25) is 0 Å². The Morgan fingerprint density at radius 3 is 2.79 bits per heavy atom. The van der Waals surface area contributed by atoms with Gasteiger partial charge in [-0.2, -0.15) is 5.10 Å². The zero-order valence-electron chi connectivity index (χ0n) is 16.4. The van der Waals surface area contributed by atoms with Crippen LogP contribution in [-0.4, -0.2) is 61.4 Å². The second-order valence-corrected chi connectivity index (χ2v) is 8.17. The maximum atomic E-state index is 12.9. The molecule has 148 valence electrons. The topological polar surface area (TPSA) is 95.1 Å². The molecule has 1 spiro atoms. The third kappa shape index (κ3) is 3.76. The average molecular weight is 382 g/mol. The van der Waals surface area contributed by atoms with Crippen molar-refractivity contribution in [3.05, 3.63) is 41.2 Å². The van der Waals surface area contributed by atoms with E-state index in [2.05, 4.69) is 20.2 Å². The predicted molar refractivity (Wildman–Crippen MR) is 102 cm³/mol. The number of nitrogens with zero attached hydrogens (tertiary/aromatic N) is 5. The van der Waals surface area contributed by atoms with Gasteiger partial charge in [0.05, 0.1) is 24.1 Å². The van der Waals surface area contributed by atoms with Crippen LogP contribution in [-0.2, 0) is 11.3 Å². The molecule has 1 atom stereocenters. The summed E-state index contributed by atoms with van der Waals surface area (Å²) in [4.78, 5) is 37.8. The number of likely N-dealkylation sites (tertiary alicyclic amines) is 2. The molecule has 8 heteroatoms. The van der Waals surface area contributed by atoms with Crippen molar-refractivity contribution in [3.63, 3.8) is 0 Å². The monoisotopic (exact) mass is 382 g/mol. The van der Waals surface area contributed by atoms with E-state index in [0.29, 0.717) is 31.7 Å². The minimum absolute atomic E-state index is 0.0312. The summed E-state index contributed by atoms with van der Waals surface area (Å²) in [6.45, 7) is 6.32. The van der Waals surface area contributed by atoms with E-state index in [1.165, 1.54) is 0 Å². The molecular weight excluding hydrogens is 356 g/mol. The number of aromatic amines is 1. The van der Waals surface area contributed by atoms with Gasteiger partial charge in [-0.15, -0.1) is 0 Å². The molecule has 0 saturated carbocycles. The summed E-state index contributed by atoms with van der Waals surface area (Å²) in [6.07, 6.45) is 6.78. The molecule has 0 aliphatic carbocycles. The number of hydrogen-bond acceptors (Lipinski definition) is 5. The largest absolute Gasteiger partial charge is 0.337 e. The van der Waals surface area contributed by atoms with E-state index in [0.717, 1.165) is 42.9 Å². The Hall–Kier alpha value is -2.77. The van der Waals surface area contributed by atoms with E-state index >= 15 is 0 Å². The van der Waals surface area contributed by atoms with Crippen molar-refractivity contribution in [1.82, 2.24) is 30.0 Å². The fourth-order valence-corrected chi connectivity index (χ4v) is 4.35. The summed E-state index contributed by atoms with van der Waals surface area (Å²) >= 11 is 0. The third-order valence-corrected chi connectivity index (χ3v) is 5.81. The number of aromatic nitrogens is 4. The molecule has 0 aromatic carbocycles. The van der Waals surface area contributed by atoms with Gasteiger partial charge in [-0.3, -0.25) is 24.7 Å². The van der Waals surface area contributed by atoms with Gasteiger partial charge in [0.15, 0.2) is 0 Å². The summed E-state index contributed by atoms with van der Waals surface area (Å²) in [6, 6.07) is 1.79. The molecule has 8 nitrogen and oxygen atoms in total. The lowest BCUT2D eigenvalue weighted by Crippen LogP contribution is -2.54. The SMILES string of the molecule is Cc1cnc(CN2CC3(CCCN(C(=O)c4cc(C)[nH]n4)C3)CCC2=O)cn1. The van der Waals surface area contributed by atoms with E-state index in [4.69, 9.17) is 0 Å². The Kier molecular flexibility index (Phi) is 4.87. The summed E-state index contributed by atoms with van der Waals surface area (Å²) < 4.78 is 0. The van der Waals surface area contributed by atoms with E-state index < -0.39 is 0 Å². The van der Waals surface area contributed by atoms with Gasteiger partial charge in [0.25, 0.3) is 5.91 Å². The lowest BCUT2D eigenvalue weighted by atomic mass is 9.73. The highest BCUT2D eigenvalue weighted by atomic mass is 16.2. The second-order valence-electron chi connectivity index (χ2n) is 8.17. The van der Waals surface area contributed by atoms with Crippen LogP contribution in [0, 0.1) is 19.3 Å². The highest BCUT2D eigenvalue weighted by molar-refractivity contribution is 5.92. The Labute approximate surface area is 164 Å². The zero-order chi connectivity index (χ0) is 19.7. The second kappa shape index (κ2) is 7.33. The number of carbonyl (C=O) groups is 2. The molecule has 2 aromatic rings. The molecule has 2 aliphatic rings. The summed E-state index contributed by atoms with van der Waals surface area (Å²) in [7, 11) is 0. The molecule has 2 aromatic heterocycles. The minimum Gasteiger partial charge on any atom is -0.337 e. The normalized spacial score (nSPS) is 22.7. The van der Waals surface area contributed by atoms with Crippen LogP contribution in [0.3, 0.4) is 0 Å². The molecule has 2 saturated heterocycles. The maximum Gasteiger partial charge on any atom is 0.274 e. The first-order valence-corrected chi connectivity index (χ1v) is 9.81. The maximum absolute atomic E-state index is 12.9. The van der Waals surface area contributed by atoms with Crippen LogP contribution in [0.25, 0.3) is 0 Å². The number of carbonyl (C=O) groups excluding carboxylic acids is 2. The van der Waals surface area contributed by atoms with E-state index in [-0.39, 0.29) is 17.2 Å². The summed E-state index contributed by atoms with van der Waals surface area (Å²) in [5.41, 5.74) is 2.95. The van der Waals surface area contributed by atoms with E-state index in [9.17, 15) is 9.59 Å². The fraction of sp³-hybridized carbons (Fsp3) is 0.550. The molecule has 1 unspecified atom stereocenters. The number of rotatable bonds is 3. The van der Waals surface area contributed by atoms with Crippen LogP contribution in [0.1, 0.15) is 53.3 Å². The molecule has 28 heavy (non-hydrogen) atoms. The number of amides is 2. The van der Waals surface area contributed by atoms with Crippen LogP contribution < -0.4 is 0 Å². The van der Waals surface area contributed by atoms with Gasteiger partial charge in [0.2, 0.25) is 5.91 Å². The van der Waals surface area contributed by atoms with E-state index in [1.54, 1.807) is 18.5 Å². The van der Waals surface area contributed by atoms with Crippen molar-refractivity contribution in [2.24, 2.45) is 5.41 Å². The van der Waals surface area contributed by atoms with Crippen molar-refractivity contribution in [2.75, 3.05) is 19.6 Å². The highest BCUT2D eigenvalue weighted by Crippen LogP contribution is 2.39. The number of hydrogen-bond donors (Lipinski definition) is 1. The Morgan fingerprint density at radius 2 is 2.07 bits per heavy atom. The first-order valence-electron chi connectivity index (χ1n) is 9.81. The number of H-pyrrole nitrogens is 1. The standard InChI is InChI=1S/C20H26N6O2/c1-14-8-17(24-23-14)19(28)25-7-3-5-20(12-25)6-4-18(27)26(13-20)11-16-10-21-15(2)9-22-16/h8-10H,3-7,11-13H2,1-2H3,(H,23,24). The highest BCUT2D eigenvalue weighted by Gasteiger charge is 2.43. The lowest BCUT2D eigenvalue weighted by molar-refractivity contribution is -0.139. The number of aryl methyl sites for hydroxylation is 2. The summed E-state index contributed by atoms with van der Waals surface area (Å²) in [5.74, 6) is 0.121. The number of nitrogens with one attached hydrogen (secondary N) is 1. The van der Waals surface area contributed by atoms with Crippen LogP contribution in [0.5, 0.6) is 0 Å². The van der Waals surface area contributed by atoms with Crippen molar-refractivity contribution in [1.29, 1.82) is 0 Å². The molecular formula is C20H26N6O2. The van der Waals surface area contributed by atoms with Crippen LogP contribution in [0.4, 0.5) is 0 Å². The van der Waals surface area contributed by atoms with Gasteiger partial charge in [0.1, 0.15) is 5.69 Å². The Morgan fingerprint density at radius 1 is 1.21 bits per heavy atom. The van der Waals surface area contributed by atoms with E-state index in [1.807, 2.05) is 23.6 Å². The molecule has 2 aliphatic heterocycles. The average Bonchev–Trinajstić information content (AvgIpc) is 3.13. The van der Waals surface area contributed by atoms with Gasteiger partial charge in [-0.1, -0.05) is 0 Å². The minimum atomic E-state index is -0.0503.